The Kier molecular flexibility index (Phi) is 9.01. The zero-order chi connectivity index (χ0) is 25.0. The molecule has 180 valence electrons. The Morgan fingerprint density at radius 3 is 2.57 bits per heavy atom. The van der Waals surface area contributed by atoms with Gasteiger partial charge in [0.2, 0.25) is 0 Å². The third-order valence-electron chi connectivity index (χ3n) is 4.73. The number of carbonyl (C=O) groups is 2. The largest absolute Gasteiger partial charge is 0.493 e. The minimum absolute atomic E-state index is 0.175. The van der Waals surface area contributed by atoms with Gasteiger partial charge in [-0.3, -0.25) is 9.59 Å². The van der Waals surface area contributed by atoms with Gasteiger partial charge in [-0.05, 0) is 55.0 Å². The van der Waals surface area contributed by atoms with Crippen LogP contribution in [0.15, 0.2) is 84.5 Å². The Morgan fingerprint density at radius 2 is 1.80 bits per heavy atom. The summed E-state index contributed by atoms with van der Waals surface area (Å²) >= 11 is 0. The molecule has 0 heterocycles. The molecule has 0 bridgehead atoms. The lowest BCUT2D eigenvalue weighted by Gasteiger charge is -2.11. The summed E-state index contributed by atoms with van der Waals surface area (Å²) in [4.78, 5) is 24.8. The predicted molar refractivity (Wildman–Crippen MR) is 135 cm³/mol. The molecule has 3 aromatic carbocycles. The van der Waals surface area contributed by atoms with E-state index in [1.165, 1.54) is 13.3 Å². The molecular weight excluding hydrogens is 446 g/mol. The van der Waals surface area contributed by atoms with Crippen LogP contribution in [0, 0.1) is 6.92 Å². The van der Waals surface area contributed by atoms with Gasteiger partial charge in [0.15, 0.2) is 18.1 Å². The standard InChI is InChI=1S/C27H27N3O5/c1-4-14-34-24-13-12-20(16-25(24)33-3)27(32)30-28-17-21-9-5-6-11-23(21)35-18-26(31)29-22-10-7-8-19(2)15-22/h4-13,15-17H,1,14,18H2,2-3H3,(H,29,31)(H,30,32)/b28-17+. The van der Waals surface area contributed by atoms with Crippen molar-refractivity contribution < 1.29 is 23.8 Å². The maximum atomic E-state index is 12.5. The highest BCUT2D eigenvalue weighted by Gasteiger charge is 2.11. The third kappa shape index (κ3) is 7.46. The van der Waals surface area contributed by atoms with Gasteiger partial charge in [-0.2, -0.15) is 5.10 Å². The maximum absolute atomic E-state index is 12.5. The topological polar surface area (TPSA) is 98.3 Å². The second-order valence-corrected chi connectivity index (χ2v) is 7.41. The molecule has 0 unspecified atom stereocenters. The fourth-order valence-electron chi connectivity index (χ4n) is 3.08. The molecule has 0 aromatic heterocycles. The number of anilines is 1. The first-order chi connectivity index (χ1) is 17.0. The fraction of sp³-hybridized carbons (Fsp3) is 0.148. The van der Waals surface area contributed by atoms with E-state index < -0.39 is 5.91 Å². The molecular formula is C27H27N3O5. The summed E-state index contributed by atoms with van der Waals surface area (Å²) in [6.07, 6.45) is 3.07. The van der Waals surface area contributed by atoms with E-state index >= 15 is 0 Å². The Bertz CT molecular complexity index is 1220. The summed E-state index contributed by atoms with van der Waals surface area (Å²) in [6, 6.07) is 19.4. The lowest BCUT2D eigenvalue weighted by Crippen LogP contribution is -2.20. The van der Waals surface area contributed by atoms with E-state index in [1.807, 2.05) is 31.2 Å². The zero-order valence-corrected chi connectivity index (χ0v) is 19.6. The molecule has 0 saturated heterocycles. The van der Waals surface area contributed by atoms with E-state index in [1.54, 1.807) is 48.5 Å². The molecule has 0 spiro atoms. The summed E-state index contributed by atoms with van der Waals surface area (Å²) < 4.78 is 16.4. The fourth-order valence-corrected chi connectivity index (χ4v) is 3.08. The molecule has 35 heavy (non-hydrogen) atoms. The predicted octanol–water partition coefficient (Wildman–Crippen LogP) is 4.35. The molecule has 2 N–H and O–H groups in total. The summed E-state index contributed by atoms with van der Waals surface area (Å²) in [5.74, 6) is 0.669. The first-order valence-corrected chi connectivity index (χ1v) is 10.8. The Morgan fingerprint density at radius 1 is 0.971 bits per heavy atom. The molecule has 2 amide bonds. The second kappa shape index (κ2) is 12.6. The van der Waals surface area contributed by atoms with Crippen molar-refractivity contribution in [1.82, 2.24) is 5.43 Å². The van der Waals surface area contributed by atoms with E-state index in [4.69, 9.17) is 14.2 Å². The van der Waals surface area contributed by atoms with Crippen molar-refractivity contribution in [3.63, 3.8) is 0 Å². The van der Waals surface area contributed by atoms with Gasteiger partial charge < -0.3 is 19.5 Å². The third-order valence-corrected chi connectivity index (χ3v) is 4.73. The van der Waals surface area contributed by atoms with E-state index in [0.717, 1.165) is 5.56 Å². The number of methoxy groups -OCH3 is 1. The zero-order valence-electron chi connectivity index (χ0n) is 19.6. The van der Waals surface area contributed by atoms with Crippen molar-refractivity contribution in [2.45, 2.75) is 6.92 Å². The van der Waals surface area contributed by atoms with Gasteiger partial charge in [-0.25, -0.2) is 5.43 Å². The molecule has 3 aromatic rings. The highest BCUT2D eigenvalue weighted by atomic mass is 16.5. The number of hydrazone groups is 1. The smallest absolute Gasteiger partial charge is 0.271 e. The molecule has 0 radical (unpaired) electrons. The minimum atomic E-state index is -0.425. The maximum Gasteiger partial charge on any atom is 0.271 e. The number of para-hydroxylation sites is 1. The normalized spacial score (nSPS) is 10.5. The van der Waals surface area contributed by atoms with Crippen molar-refractivity contribution in [3.8, 4) is 17.2 Å². The quantitative estimate of drug-likeness (QED) is 0.245. The van der Waals surface area contributed by atoms with Crippen LogP contribution in [0.5, 0.6) is 17.2 Å². The highest BCUT2D eigenvalue weighted by molar-refractivity contribution is 5.96. The molecule has 0 aliphatic rings. The van der Waals surface area contributed by atoms with Gasteiger partial charge in [-0.1, -0.05) is 36.9 Å². The van der Waals surface area contributed by atoms with Crippen LogP contribution in [-0.2, 0) is 4.79 Å². The highest BCUT2D eigenvalue weighted by Crippen LogP contribution is 2.28. The van der Waals surface area contributed by atoms with Crippen LogP contribution in [0.1, 0.15) is 21.5 Å². The van der Waals surface area contributed by atoms with Gasteiger partial charge in [-0.15, -0.1) is 0 Å². The lowest BCUT2D eigenvalue weighted by atomic mass is 10.2. The number of nitrogens with zero attached hydrogens (tertiary/aromatic N) is 1. The van der Waals surface area contributed by atoms with Gasteiger partial charge in [0.1, 0.15) is 12.4 Å². The van der Waals surface area contributed by atoms with Gasteiger partial charge in [0.25, 0.3) is 11.8 Å². The number of aryl methyl sites for hydroxylation is 1. The SMILES string of the molecule is C=CCOc1ccc(C(=O)N/N=C/c2ccccc2OCC(=O)Nc2cccc(C)c2)cc1OC. The number of benzene rings is 3. The molecule has 8 nitrogen and oxygen atoms in total. The number of ether oxygens (including phenoxy) is 3. The first-order valence-electron chi connectivity index (χ1n) is 10.8. The number of nitrogens with one attached hydrogen (secondary N) is 2. The summed E-state index contributed by atoms with van der Waals surface area (Å²) in [5, 5.41) is 6.81. The van der Waals surface area contributed by atoms with Crippen molar-refractivity contribution in [3.05, 3.63) is 96.1 Å². The van der Waals surface area contributed by atoms with Crippen LogP contribution < -0.4 is 25.0 Å². The van der Waals surface area contributed by atoms with Crippen molar-refractivity contribution in [2.24, 2.45) is 5.10 Å². The Balaban J connectivity index is 1.59. The molecule has 0 fully saturated rings. The molecule has 8 heteroatoms. The van der Waals surface area contributed by atoms with Crippen LogP contribution in [0.2, 0.25) is 0 Å². The van der Waals surface area contributed by atoms with Crippen LogP contribution in [0.25, 0.3) is 0 Å². The van der Waals surface area contributed by atoms with Crippen molar-refractivity contribution >= 4 is 23.7 Å². The first kappa shape index (κ1) is 25.0. The van der Waals surface area contributed by atoms with Crippen molar-refractivity contribution in [1.29, 1.82) is 0 Å². The molecule has 0 aliphatic carbocycles. The number of amides is 2. The average Bonchev–Trinajstić information content (AvgIpc) is 2.86. The van der Waals surface area contributed by atoms with E-state index in [9.17, 15) is 9.59 Å². The summed E-state index contributed by atoms with van der Waals surface area (Å²) in [6.45, 7) is 5.70. The van der Waals surface area contributed by atoms with Crippen LogP contribution >= 0.6 is 0 Å². The molecule has 0 saturated carbocycles. The van der Waals surface area contributed by atoms with Gasteiger partial charge in [0.05, 0.1) is 13.3 Å². The van der Waals surface area contributed by atoms with Crippen LogP contribution in [0.4, 0.5) is 5.69 Å². The summed E-state index contributed by atoms with van der Waals surface area (Å²) in [5.41, 5.74) is 5.17. The summed E-state index contributed by atoms with van der Waals surface area (Å²) in [7, 11) is 1.49. The monoisotopic (exact) mass is 473 g/mol. The number of carbonyl (C=O) groups excluding carboxylic acids is 2. The van der Waals surface area contributed by atoms with Gasteiger partial charge in [0, 0.05) is 16.8 Å². The Hall–Kier alpha value is -4.59. The van der Waals surface area contributed by atoms with E-state index in [-0.39, 0.29) is 12.5 Å². The lowest BCUT2D eigenvalue weighted by molar-refractivity contribution is -0.118. The van der Waals surface area contributed by atoms with E-state index in [0.29, 0.717) is 40.7 Å². The second-order valence-electron chi connectivity index (χ2n) is 7.41. The Labute approximate surface area is 204 Å². The molecule has 3 rings (SSSR count). The van der Waals surface area contributed by atoms with Crippen LogP contribution in [-0.4, -0.2) is 38.4 Å². The molecule has 0 aliphatic heterocycles. The number of rotatable bonds is 11. The van der Waals surface area contributed by atoms with Gasteiger partial charge >= 0.3 is 0 Å². The number of hydrogen-bond acceptors (Lipinski definition) is 6. The minimum Gasteiger partial charge on any atom is -0.493 e. The van der Waals surface area contributed by atoms with E-state index in [2.05, 4.69) is 22.4 Å². The average molecular weight is 474 g/mol. The van der Waals surface area contributed by atoms with Crippen LogP contribution in [0.3, 0.4) is 0 Å². The molecule has 0 atom stereocenters. The number of hydrogen-bond donors (Lipinski definition) is 2. The van der Waals surface area contributed by atoms with Crippen molar-refractivity contribution in [2.75, 3.05) is 25.6 Å².